The average Bonchev–Trinajstić information content (AvgIpc) is 2.95. The highest BCUT2D eigenvalue weighted by Crippen LogP contribution is 2.08. The Bertz CT molecular complexity index is 986. The maximum absolute atomic E-state index is 13.0. The van der Waals surface area contributed by atoms with Crippen LogP contribution in [0.1, 0.15) is 35.1 Å². The molecule has 0 radical (unpaired) electrons. The molecule has 3 aromatic carbocycles. The number of aliphatic imine (C=N–C) groups is 1. The van der Waals surface area contributed by atoms with Gasteiger partial charge in [0.15, 0.2) is 0 Å². The van der Waals surface area contributed by atoms with Gasteiger partial charge in [-0.1, -0.05) is 77.9 Å². The van der Waals surface area contributed by atoms with Crippen LogP contribution in [0.25, 0.3) is 0 Å². The summed E-state index contributed by atoms with van der Waals surface area (Å²) >= 11 is 0. The smallest absolute Gasteiger partial charge is 0.123 e. The van der Waals surface area contributed by atoms with Gasteiger partial charge in [-0.05, 0) is 70.0 Å². The van der Waals surface area contributed by atoms with Crippen LogP contribution >= 0.6 is 0 Å². The predicted octanol–water partition coefficient (Wildman–Crippen LogP) is 6.17. The van der Waals surface area contributed by atoms with Gasteiger partial charge in [0.25, 0.3) is 0 Å². The van der Waals surface area contributed by atoms with E-state index in [1.54, 1.807) is 0 Å². The predicted molar refractivity (Wildman–Crippen MR) is 158 cm³/mol. The molecule has 0 spiro atoms. The summed E-state index contributed by atoms with van der Waals surface area (Å²) in [5, 5.41) is 0. The van der Waals surface area contributed by atoms with Gasteiger partial charge < -0.3 is 14.5 Å². The van der Waals surface area contributed by atoms with Gasteiger partial charge >= 0.3 is 0 Å². The van der Waals surface area contributed by atoms with Crippen LogP contribution in [0.3, 0.4) is 0 Å². The molecule has 6 heteroatoms. The highest BCUT2D eigenvalue weighted by atomic mass is 19.1. The Kier molecular flexibility index (Phi) is 19.4. The molecule has 0 fully saturated rings. The Morgan fingerprint density at radius 3 is 1.79 bits per heavy atom. The molecule has 0 saturated heterocycles. The summed E-state index contributed by atoms with van der Waals surface area (Å²) in [4.78, 5) is 24.9. The van der Waals surface area contributed by atoms with Gasteiger partial charge in [0.1, 0.15) is 25.2 Å². The summed E-state index contributed by atoms with van der Waals surface area (Å²) < 4.78 is 13.0. The second-order valence-electron chi connectivity index (χ2n) is 8.96. The normalized spacial score (nSPS) is 10.2. The fraction of sp³-hybridized carbons (Fsp3) is 0.344. The van der Waals surface area contributed by atoms with Gasteiger partial charge in [-0.15, -0.1) is 0 Å². The van der Waals surface area contributed by atoms with Crippen LogP contribution in [-0.2, 0) is 22.6 Å². The molecule has 3 aromatic rings. The van der Waals surface area contributed by atoms with Crippen LogP contribution < -0.4 is 0 Å². The van der Waals surface area contributed by atoms with Crippen molar-refractivity contribution >= 4 is 19.4 Å². The standard InChI is InChI=1S/C22H30FN3.C8H10.2CH2O/c1-24-22(26(3)17-20-12-14-21(23)15-13-20)18-25(2)16-8-7-11-19-9-5-4-6-10-19;1-7-3-5-8(2)6-4-7;2*1-2/h4-6,9-10,12-15H,7-8,11,16-18H2,1-3H3;3-6H,1-2H3;2*1H2. The summed E-state index contributed by atoms with van der Waals surface area (Å²) in [5.74, 6) is 0.843. The number of amidine groups is 1. The molecule has 0 amide bonds. The van der Waals surface area contributed by atoms with Gasteiger partial charge in [0, 0.05) is 20.6 Å². The van der Waals surface area contributed by atoms with E-state index < -0.39 is 0 Å². The number of halogens is 1. The minimum Gasteiger partial charge on any atom is -0.358 e. The molecule has 0 saturated carbocycles. The molecule has 0 heterocycles. The number of rotatable bonds is 9. The van der Waals surface area contributed by atoms with E-state index in [1.807, 2.05) is 39.8 Å². The van der Waals surface area contributed by atoms with E-state index in [0.717, 1.165) is 37.5 Å². The van der Waals surface area contributed by atoms with Crippen molar-refractivity contribution in [2.45, 2.75) is 39.7 Å². The number of benzene rings is 3. The third-order valence-electron chi connectivity index (χ3n) is 5.76. The molecule has 206 valence electrons. The first kappa shape index (κ1) is 34.4. The topological polar surface area (TPSA) is 53.0 Å². The van der Waals surface area contributed by atoms with Crippen molar-refractivity contribution in [2.75, 3.05) is 34.2 Å². The lowest BCUT2D eigenvalue weighted by Gasteiger charge is -2.25. The molecule has 0 aliphatic rings. The highest BCUT2D eigenvalue weighted by molar-refractivity contribution is 5.83. The first-order chi connectivity index (χ1) is 18.4. The van der Waals surface area contributed by atoms with Gasteiger partial charge in [0.05, 0.1) is 6.54 Å². The number of hydrogen-bond acceptors (Lipinski definition) is 4. The van der Waals surface area contributed by atoms with Crippen molar-refractivity contribution in [3.05, 3.63) is 107 Å². The molecule has 3 rings (SSSR count). The minimum absolute atomic E-state index is 0.198. The fourth-order valence-electron chi connectivity index (χ4n) is 3.63. The lowest BCUT2D eigenvalue weighted by atomic mass is 10.1. The van der Waals surface area contributed by atoms with Crippen LogP contribution in [0, 0.1) is 19.7 Å². The number of nitrogens with zero attached hydrogens (tertiary/aromatic N) is 3. The van der Waals surface area contributed by atoms with Gasteiger partial charge in [-0.25, -0.2) is 4.39 Å². The fourth-order valence-corrected chi connectivity index (χ4v) is 3.63. The number of likely N-dealkylation sites (N-methyl/N-ethyl adjacent to an activating group) is 2. The zero-order chi connectivity index (χ0) is 28.8. The van der Waals surface area contributed by atoms with Crippen molar-refractivity contribution in [1.29, 1.82) is 0 Å². The van der Waals surface area contributed by atoms with Crippen molar-refractivity contribution < 1.29 is 14.0 Å². The molecule has 5 nitrogen and oxygen atoms in total. The zero-order valence-electron chi connectivity index (χ0n) is 23.7. The summed E-state index contributed by atoms with van der Waals surface area (Å²) in [7, 11) is 6.01. The first-order valence-corrected chi connectivity index (χ1v) is 12.6. The number of carbonyl (C=O) groups is 2. The molecule has 0 atom stereocenters. The van der Waals surface area contributed by atoms with E-state index in [-0.39, 0.29) is 5.82 Å². The van der Waals surface area contributed by atoms with Crippen molar-refractivity contribution in [3.8, 4) is 0 Å². The Balaban J connectivity index is 0.000000952. The molecule has 0 aliphatic heterocycles. The summed E-state index contributed by atoms with van der Waals surface area (Å²) in [6.45, 7) is 10.8. The Morgan fingerprint density at radius 2 is 1.29 bits per heavy atom. The van der Waals surface area contributed by atoms with Crippen molar-refractivity contribution in [3.63, 3.8) is 0 Å². The van der Waals surface area contributed by atoms with E-state index >= 15 is 0 Å². The third kappa shape index (κ3) is 15.5. The number of carbonyl (C=O) groups excluding carboxylic acids is 2. The van der Waals surface area contributed by atoms with Crippen LogP contribution in [0.4, 0.5) is 4.39 Å². The van der Waals surface area contributed by atoms with Crippen LogP contribution in [0.15, 0.2) is 83.9 Å². The number of aryl methyl sites for hydroxylation is 3. The van der Waals surface area contributed by atoms with Crippen LogP contribution in [0.5, 0.6) is 0 Å². The van der Waals surface area contributed by atoms with Gasteiger partial charge in [-0.3, -0.25) is 9.89 Å². The van der Waals surface area contributed by atoms with E-state index in [4.69, 9.17) is 9.59 Å². The molecule has 38 heavy (non-hydrogen) atoms. The molecule has 0 aromatic heterocycles. The van der Waals surface area contributed by atoms with Crippen molar-refractivity contribution in [1.82, 2.24) is 9.80 Å². The molecule has 0 unspecified atom stereocenters. The maximum atomic E-state index is 13.0. The Morgan fingerprint density at radius 1 is 0.763 bits per heavy atom. The first-order valence-electron chi connectivity index (χ1n) is 12.6. The van der Waals surface area contributed by atoms with Gasteiger partial charge in [-0.2, -0.15) is 0 Å². The summed E-state index contributed by atoms with van der Waals surface area (Å²) in [6, 6.07) is 25.8. The Hall–Kier alpha value is -3.64. The quantitative estimate of drug-likeness (QED) is 0.192. The SMILES string of the molecule is C=O.C=O.CN=C(CN(C)CCCCc1ccccc1)N(C)Cc1ccc(F)cc1.Cc1ccc(C)cc1. The number of unbranched alkanes of at least 4 members (excludes halogenated alkanes) is 1. The molecular formula is C32H44FN3O2. The van der Waals surface area contributed by atoms with Crippen molar-refractivity contribution in [2.24, 2.45) is 4.99 Å². The second-order valence-corrected chi connectivity index (χ2v) is 8.96. The highest BCUT2D eigenvalue weighted by Gasteiger charge is 2.10. The second kappa shape index (κ2) is 21.4. The molecule has 0 bridgehead atoms. The minimum atomic E-state index is -0.198. The van der Waals surface area contributed by atoms with E-state index in [9.17, 15) is 4.39 Å². The average molecular weight is 522 g/mol. The van der Waals surface area contributed by atoms with Gasteiger partial charge in [0.2, 0.25) is 0 Å². The monoisotopic (exact) mass is 521 g/mol. The zero-order valence-corrected chi connectivity index (χ0v) is 23.7. The van der Waals surface area contributed by atoms with Crippen LogP contribution in [0.2, 0.25) is 0 Å². The van der Waals surface area contributed by atoms with E-state index in [2.05, 4.69) is 90.3 Å². The lowest BCUT2D eigenvalue weighted by Crippen LogP contribution is -2.37. The summed E-state index contributed by atoms with van der Waals surface area (Å²) in [6.07, 6.45) is 3.50. The molecule has 0 N–H and O–H groups in total. The van der Waals surface area contributed by atoms with Crippen LogP contribution in [-0.4, -0.2) is 63.4 Å². The molecule has 0 aliphatic carbocycles. The lowest BCUT2D eigenvalue weighted by molar-refractivity contribution is -0.0987. The summed E-state index contributed by atoms with van der Waals surface area (Å²) in [5.41, 5.74) is 5.15. The van der Waals surface area contributed by atoms with E-state index in [0.29, 0.717) is 0 Å². The van der Waals surface area contributed by atoms with E-state index in [1.165, 1.54) is 41.7 Å². The maximum Gasteiger partial charge on any atom is 0.123 e. The largest absolute Gasteiger partial charge is 0.358 e. The molecular weight excluding hydrogens is 477 g/mol. The number of hydrogen-bond donors (Lipinski definition) is 0. The Labute approximate surface area is 229 Å². The third-order valence-corrected chi connectivity index (χ3v) is 5.76.